The Morgan fingerprint density at radius 2 is 1.64 bits per heavy atom. The number of hydrogen-bond acceptors (Lipinski definition) is 8. The molecule has 53 heavy (non-hydrogen) atoms. The molecule has 0 unspecified atom stereocenters. The molecule has 4 rings (SSSR count). The Bertz CT molecular complexity index is 1770. The lowest BCUT2D eigenvalue weighted by Crippen LogP contribution is -2.58. The minimum atomic E-state index is -1.40. The van der Waals surface area contributed by atoms with Crippen LogP contribution in [0.2, 0.25) is 0 Å². The zero-order chi connectivity index (χ0) is 38.3. The van der Waals surface area contributed by atoms with Crippen LogP contribution in [-0.4, -0.2) is 73.3 Å². The number of amides is 6. The Morgan fingerprint density at radius 1 is 0.906 bits per heavy atom. The van der Waals surface area contributed by atoms with Crippen LogP contribution >= 0.6 is 0 Å². The number of nitrogens with two attached hydrogens (primary N) is 1. The van der Waals surface area contributed by atoms with Crippen LogP contribution in [0.15, 0.2) is 72.8 Å². The number of fused-ring (bicyclic) bond motifs is 1. The highest BCUT2D eigenvalue weighted by Crippen LogP contribution is 2.26. The van der Waals surface area contributed by atoms with E-state index in [-0.39, 0.29) is 48.7 Å². The Balaban J connectivity index is 1.43. The number of carbonyl (C=O) groups is 6. The monoisotopic (exact) mass is 732 g/mol. The van der Waals surface area contributed by atoms with E-state index in [2.05, 4.69) is 26.6 Å². The quantitative estimate of drug-likeness (QED) is 0.161. The average molecular weight is 733 g/mol. The predicted molar refractivity (Wildman–Crippen MR) is 192 cm³/mol. The molecule has 7 N–H and O–H groups in total. The number of hydrogen-bond donors (Lipinski definition) is 6. The number of rotatable bonds is 11. The Hall–Kier alpha value is -5.99. The highest BCUT2D eigenvalue weighted by atomic mass is 19.1. The summed E-state index contributed by atoms with van der Waals surface area (Å²) in [5.74, 6) is -4.19. The molecule has 0 saturated carbocycles. The topological polar surface area (TPSA) is 207 Å². The van der Waals surface area contributed by atoms with E-state index >= 15 is 0 Å². The molecule has 3 atom stereocenters. The fourth-order valence-electron chi connectivity index (χ4n) is 5.49. The van der Waals surface area contributed by atoms with Crippen molar-refractivity contribution in [2.45, 2.75) is 64.1 Å². The summed E-state index contributed by atoms with van der Waals surface area (Å²) in [5, 5.41) is 13.4. The summed E-state index contributed by atoms with van der Waals surface area (Å²) >= 11 is 0. The summed E-state index contributed by atoms with van der Waals surface area (Å²) in [4.78, 5) is 78.5. The lowest BCUT2D eigenvalue weighted by molar-refractivity contribution is -0.134. The average Bonchev–Trinajstić information content (AvgIpc) is 3.13. The van der Waals surface area contributed by atoms with E-state index in [4.69, 9.17) is 15.2 Å². The van der Waals surface area contributed by atoms with Gasteiger partial charge in [-0.05, 0) is 74.1 Å². The van der Waals surface area contributed by atoms with E-state index in [1.807, 2.05) is 6.07 Å². The summed E-state index contributed by atoms with van der Waals surface area (Å²) in [6.45, 7) is 3.88. The number of primary amides is 1. The minimum absolute atomic E-state index is 0.0145. The second kappa shape index (κ2) is 19.6. The highest BCUT2D eigenvalue weighted by Gasteiger charge is 2.32. The summed E-state index contributed by atoms with van der Waals surface area (Å²) in [7, 11) is 0. The van der Waals surface area contributed by atoms with Crippen LogP contribution in [0.4, 0.5) is 4.39 Å². The standard InChI is InChI=1S/C38H45FN6O8/c1-23(2)33-38(51)43-28(14-8-9-18-41-34(47)27-21-24(39)16-17-31(27)53-25-11-4-3-5-12-25)36(49)42-19-10-20-52-30-15-7-6-13-26(30)35(48)44-29(22-32(40)46)37(50)45-33/h3-7,11-13,15-17,21,23,28-29,33H,8-10,14,18-20,22H2,1-2H3,(H2,40,46)(H,41,47)(H,42,49)(H,43,51)(H,44,48)(H,45,50)/t28-,29-,33+/m0/s1. The molecule has 3 aromatic rings. The fourth-order valence-corrected chi connectivity index (χ4v) is 5.49. The van der Waals surface area contributed by atoms with Crippen molar-refractivity contribution < 1.29 is 42.6 Å². The predicted octanol–water partition coefficient (Wildman–Crippen LogP) is 2.72. The van der Waals surface area contributed by atoms with Gasteiger partial charge in [0.05, 0.1) is 24.2 Å². The van der Waals surface area contributed by atoms with Gasteiger partial charge >= 0.3 is 0 Å². The first kappa shape index (κ1) is 39.8. The van der Waals surface area contributed by atoms with Crippen molar-refractivity contribution in [1.29, 1.82) is 0 Å². The number of carbonyl (C=O) groups excluding carboxylic acids is 6. The molecule has 0 bridgehead atoms. The first-order valence-corrected chi connectivity index (χ1v) is 17.4. The molecular weight excluding hydrogens is 687 g/mol. The maximum atomic E-state index is 14.1. The van der Waals surface area contributed by atoms with Crippen LogP contribution in [-0.2, 0) is 19.2 Å². The Kier molecular flexibility index (Phi) is 14.7. The first-order valence-electron chi connectivity index (χ1n) is 17.4. The molecule has 1 aliphatic rings. The Morgan fingerprint density at radius 3 is 2.38 bits per heavy atom. The van der Waals surface area contributed by atoms with E-state index < -0.39 is 71.7 Å². The molecule has 0 aromatic heterocycles. The third-order valence-electron chi connectivity index (χ3n) is 8.28. The number of nitrogens with one attached hydrogen (secondary N) is 5. The second-order valence-electron chi connectivity index (χ2n) is 12.8. The van der Waals surface area contributed by atoms with Gasteiger partial charge in [-0.2, -0.15) is 0 Å². The van der Waals surface area contributed by atoms with Crippen molar-refractivity contribution in [2.24, 2.45) is 11.7 Å². The third kappa shape index (κ3) is 12.0. The molecule has 3 aromatic carbocycles. The number of halogens is 1. The molecule has 0 saturated heterocycles. The summed E-state index contributed by atoms with van der Waals surface area (Å²) in [6, 6.07) is 15.2. The van der Waals surface area contributed by atoms with Gasteiger partial charge in [0.1, 0.15) is 41.2 Å². The zero-order valence-electron chi connectivity index (χ0n) is 29.6. The maximum absolute atomic E-state index is 14.1. The fraction of sp³-hybridized carbons (Fsp3) is 0.368. The van der Waals surface area contributed by atoms with E-state index in [9.17, 15) is 33.2 Å². The minimum Gasteiger partial charge on any atom is -0.493 e. The van der Waals surface area contributed by atoms with Crippen molar-refractivity contribution in [2.75, 3.05) is 19.7 Å². The molecule has 1 aliphatic heterocycles. The van der Waals surface area contributed by atoms with Gasteiger partial charge in [0.15, 0.2) is 0 Å². The molecule has 0 spiro atoms. The van der Waals surface area contributed by atoms with E-state index in [1.165, 1.54) is 18.2 Å². The lowest BCUT2D eigenvalue weighted by Gasteiger charge is -2.27. The lowest BCUT2D eigenvalue weighted by atomic mass is 10.0. The smallest absolute Gasteiger partial charge is 0.255 e. The summed E-state index contributed by atoms with van der Waals surface area (Å²) in [5.41, 5.74) is 5.52. The number of ether oxygens (including phenoxy) is 2. The van der Waals surface area contributed by atoms with Crippen LogP contribution in [0.5, 0.6) is 17.2 Å². The normalized spacial score (nSPS) is 18.6. The van der Waals surface area contributed by atoms with Gasteiger partial charge in [0.2, 0.25) is 23.6 Å². The second-order valence-corrected chi connectivity index (χ2v) is 12.8. The van der Waals surface area contributed by atoms with Crippen LogP contribution in [0, 0.1) is 11.7 Å². The van der Waals surface area contributed by atoms with Crippen molar-refractivity contribution in [1.82, 2.24) is 26.6 Å². The summed E-state index contributed by atoms with van der Waals surface area (Å²) in [6.07, 6.45) is 0.805. The molecule has 14 nitrogen and oxygen atoms in total. The maximum Gasteiger partial charge on any atom is 0.255 e. The van der Waals surface area contributed by atoms with E-state index in [0.717, 1.165) is 6.07 Å². The molecule has 282 valence electrons. The van der Waals surface area contributed by atoms with Gasteiger partial charge in [0.25, 0.3) is 11.8 Å². The molecular formula is C38H45FN6O8. The number of benzene rings is 3. The molecule has 6 amide bonds. The van der Waals surface area contributed by atoms with Crippen LogP contribution in [0.1, 0.15) is 66.7 Å². The van der Waals surface area contributed by atoms with E-state index in [1.54, 1.807) is 56.3 Å². The first-order chi connectivity index (χ1) is 25.4. The van der Waals surface area contributed by atoms with Crippen molar-refractivity contribution in [3.05, 3.63) is 89.7 Å². The third-order valence-corrected chi connectivity index (χ3v) is 8.28. The van der Waals surface area contributed by atoms with Crippen molar-refractivity contribution >= 4 is 35.4 Å². The van der Waals surface area contributed by atoms with Crippen LogP contribution in [0.25, 0.3) is 0 Å². The van der Waals surface area contributed by atoms with Gasteiger partial charge < -0.3 is 41.8 Å². The molecule has 0 radical (unpaired) electrons. The molecule has 15 heteroatoms. The number of unbranched alkanes of at least 4 members (excludes halogenated alkanes) is 1. The highest BCUT2D eigenvalue weighted by molar-refractivity contribution is 6.01. The number of para-hydroxylation sites is 2. The SMILES string of the molecule is CC(C)[C@H]1NC(=O)[C@H](CC(N)=O)NC(=O)c2ccccc2OCCCNC(=O)[C@H](CCCCNC(=O)c2cc(F)ccc2Oc2ccccc2)NC1=O. The van der Waals surface area contributed by atoms with Gasteiger partial charge in [-0.1, -0.05) is 44.2 Å². The largest absolute Gasteiger partial charge is 0.493 e. The van der Waals surface area contributed by atoms with Crippen molar-refractivity contribution in [3.63, 3.8) is 0 Å². The molecule has 1 heterocycles. The van der Waals surface area contributed by atoms with Crippen LogP contribution < -0.4 is 41.8 Å². The zero-order valence-corrected chi connectivity index (χ0v) is 29.6. The summed E-state index contributed by atoms with van der Waals surface area (Å²) < 4.78 is 25.7. The van der Waals surface area contributed by atoms with Gasteiger partial charge in [-0.15, -0.1) is 0 Å². The van der Waals surface area contributed by atoms with E-state index in [0.29, 0.717) is 25.0 Å². The van der Waals surface area contributed by atoms with Crippen LogP contribution in [0.3, 0.4) is 0 Å². The molecule has 0 aliphatic carbocycles. The van der Waals surface area contributed by atoms with Gasteiger partial charge in [-0.25, -0.2) is 4.39 Å². The van der Waals surface area contributed by atoms with Gasteiger partial charge in [-0.3, -0.25) is 28.8 Å². The Labute approximate surface area is 306 Å². The van der Waals surface area contributed by atoms with Crippen molar-refractivity contribution in [3.8, 4) is 17.2 Å². The molecule has 0 fully saturated rings. The van der Waals surface area contributed by atoms with Gasteiger partial charge in [0, 0.05) is 13.1 Å².